The average molecular weight is 424 g/mol. The maximum atomic E-state index is 13.3. The Morgan fingerprint density at radius 2 is 1.90 bits per heavy atom. The summed E-state index contributed by atoms with van der Waals surface area (Å²) >= 11 is 0. The lowest BCUT2D eigenvalue weighted by atomic mass is 10.1. The molecule has 4 rings (SSSR count). The number of hydrogen-bond acceptors (Lipinski definition) is 8. The zero-order valence-electron chi connectivity index (χ0n) is 16.7. The Morgan fingerprint density at radius 1 is 1.19 bits per heavy atom. The highest BCUT2D eigenvalue weighted by molar-refractivity contribution is 6.32. The number of benzene rings is 2. The van der Waals surface area contributed by atoms with Crippen LogP contribution in [0.25, 0.3) is 6.08 Å². The van der Waals surface area contributed by atoms with E-state index in [1.54, 1.807) is 18.2 Å². The number of carbonyl (C=O) groups excluding carboxylic acids is 1. The second-order valence-electron chi connectivity index (χ2n) is 6.90. The summed E-state index contributed by atoms with van der Waals surface area (Å²) in [5, 5.41) is 26.5. The van der Waals surface area contributed by atoms with E-state index in [2.05, 4.69) is 5.10 Å². The minimum absolute atomic E-state index is 0.00280. The molecule has 10 heteroatoms. The smallest absolute Gasteiger partial charge is 0.282 e. The standard InChI is InChI=1S/C21H20N4O6/c1-30-19-13-14(2-7-18(19)26)12-17-20(23-8-10-31-11-9-23)22-24(21(17)27)15-3-5-16(6-4-15)25(28)29/h2-7,12-13,26H,8-11H2,1H3/b17-12-. The molecule has 31 heavy (non-hydrogen) atoms. The van der Waals surface area contributed by atoms with Crippen molar-refractivity contribution >= 4 is 29.2 Å². The highest BCUT2D eigenvalue weighted by Gasteiger charge is 2.35. The lowest BCUT2D eigenvalue weighted by Gasteiger charge is -2.28. The minimum atomic E-state index is -0.498. The number of hydrazone groups is 1. The van der Waals surface area contributed by atoms with Crippen molar-refractivity contribution in [3.63, 3.8) is 0 Å². The van der Waals surface area contributed by atoms with Crippen molar-refractivity contribution < 1.29 is 24.3 Å². The van der Waals surface area contributed by atoms with Crippen molar-refractivity contribution in [1.29, 1.82) is 0 Å². The van der Waals surface area contributed by atoms with Crippen molar-refractivity contribution in [3.8, 4) is 11.5 Å². The quantitative estimate of drug-likeness (QED) is 0.455. The molecule has 160 valence electrons. The number of phenolic OH excluding ortho intramolecular Hbond substituents is 1. The Morgan fingerprint density at radius 3 is 2.55 bits per heavy atom. The van der Waals surface area contributed by atoms with Gasteiger partial charge in [-0.2, -0.15) is 5.01 Å². The first kappa shape index (κ1) is 20.4. The molecule has 2 aromatic rings. The summed E-state index contributed by atoms with van der Waals surface area (Å²) in [7, 11) is 1.45. The van der Waals surface area contributed by atoms with Gasteiger partial charge < -0.3 is 19.5 Å². The van der Waals surface area contributed by atoms with Gasteiger partial charge in [0, 0.05) is 25.2 Å². The fourth-order valence-corrected chi connectivity index (χ4v) is 3.38. The van der Waals surface area contributed by atoms with Gasteiger partial charge in [0.1, 0.15) is 0 Å². The van der Waals surface area contributed by atoms with Crippen molar-refractivity contribution in [2.75, 3.05) is 38.4 Å². The van der Waals surface area contributed by atoms with Gasteiger partial charge in [-0.05, 0) is 35.9 Å². The second-order valence-corrected chi connectivity index (χ2v) is 6.90. The van der Waals surface area contributed by atoms with Gasteiger partial charge in [-0.3, -0.25) is 14.9 Å². The number of nitrogens with zero attached hydrogens (tertiary/aromatic N) is 4. The zero-order chi connectivity index (χ0) is 22.0. The number of hydrogen-bond donors (Lipinski definition) is 1. The van der Waals surface area contributed by atoms with Crippen molar-refractivity contribution in [2.45, 2.75) is 0 Å². The second kappa shape index (κ2) is 8.44. The number of ether oxygens (including phenoxy) is 2. The largest absolute Gasteiger partial charge is 0.504 e. The first-order valence-corrected chi connectivity index (χ1v) is 9.57. The lowest BCUT2D eigenvalue weighted by molar-refractivity contribution is -0.384. The van der Waals surface area contributed by atoms with E-state index in [1.807, 2.05) is 4.90 Å². The van der Waals surface area contributed by atoms with E-state index in [-0.39, 0.29) is 23.1 Å². The number of carbonyl (C=O) groups is 1. The maximum absolute atomic E-state index is 13.3. The van der Waals surface area contributed by atoms with Crippen LogP contribution in [-0.4, -0.2) is 60.1 Å². The number of anilines is 1. The molecule has 0 aliphatic carbocycles. The fourth-order valence-electron chi connectivity index (χ4n) is 3.38. The molecule has 2 aliphatic rings. The Kier molecular flexibility index (Phi) is 5.54. The Balaban J connectivity index is 1.73. The predicted octanol–water partition coefficient (Wildman–Crippen LogP) is 2.38. The Hall–Kier alpha value is -3.92. The van der Waals surface area contributed by atoms with Gasteiger partial charge in [-0.1, -0.05) is 6.07 Å². The van der Waals surface area contributed by atoms with Crippen molar-refractivity contribution in [2.24, 2.45) is 5.10 Å². The number of non-ortho nitro benzene ring substituents is 1. The lowest BCUT2D eigenvalue weighted by Crippen LogP contribution is -2.41. The first-order chi connectivity index (χ1) is 15.0. The average Bonchev–Trinajstić information content (AvgIpc) is 3.11. The van der Waals surface area contributed by atoms with Crippen LogP contribution < -0.4 is 9.75 Å². The molecule has 2 aliphatic heterocycles. The molecule has 2 aromatic carbocycles. The molecule has 0 spiro atoms. The maximum Gasteiger partial charge on any atom is 0.282 e. The van der Waals surface area contributed by atoms with Crippen LogP contribution in [0.3, 0.4) is 0 Å². The number of nitro groups is 1. The van der Waals surface area contributed by atoms with Gasteiger partial charge in [0.05, 0.1) is 36.5 Å². The Labute approximate surface area is 177 Å². The monoisotopic (exact) mass is 424 g/mol. The van der Waals surface area contributed by atoms with Gasteiger partial charge >= 0.3 is 0 Å². The summed E-state index contributed by atoms with van der Waals surface area (Å²) in [5.74, 6) is 0.426. The van der Waals surface area contributed by atoms with E-state index in [4.69, 9.17) is 9.47 Å². The summed E-state index contributed by atoms with van der Waals surface area (Å²) in [4.78, 5) is 25.7. The van der Waals surface area contributed by atoms with Gasteiger partial charge in [0.15, 0.2) is 17.3 Å². The van der Waals surface area contributed by atoms with E-state index >= 15 is 0 Å². The predicted molar refractivity (Wildman–Crippen MR) is 113 cm³/mol. The highest BCUT2D eigenvalue weighted by Crippen LogP contribution is 2.31. The number of nitro benzene ring substituents is 1. The Bertz CT molecular complexity index is 1070. The summed E-state index contributed by atoms with van der Waals surface area (Å²) in [6.45, 7) is 2.20. The summed E-state index contributed by atoms with van der Waals surface area (Å²) < 4.78 is 10.6. The molecule has 1 saturated heterocycles. The number of amidine groups is 1. The van der Waals surface area contributed by atoms with Crippen LogP contribution in [0.4, 0.5) is 11.4 Å². The molecule has 1 N–H and O–H groups in total. The number of morpholine rings is 1. The number of rotatable bonds is 4. The van der Waals surface area contributed by atoms with Crippen LogP contribution in [0.15, 0.2) is 53.1 Å². The van der Waals surface area contributed by atoms with Crippen LogP contribution in [0.1, 0.15) is 5.56 Å². The molecule has 0 aromatic heterocycles. The number of methoxy groups -OCH3 is 1. The van der Waals surface area contributed by atoms with E-state index in [0.29, 0.717) is 49.0 Å². The van der Waals surface area contributed by atoms with Crippen LogP contribution in [0.5, 0.6) is 11.5 Å². The number of phenols is 1. The first-order valence-electron chi connectivity index (χ1n) is 9.57. The van der Waals surface area contributed by atoms with Crippen LogP contribution in [0.2, 0.25) is 0 Å². The third-order valence-corrected chi connectivity index (χ3v) is 4.99. The molecule has 1 amide bonds. The van der Waals surface area contributed by atoms with Crippen molar-refractivity contribution in [3.05, 3.63) is 63.7 Å². The van der Waals surface area contributed by atoms with E-state index in [9.17, 15) is 20.0 Å². The van der Waals surface area contributed by atoms with Gasteiger partial charge in [-0.25, -0.2) is 0 Å². The van der Waals surface area contributed by atoms with E-state index in [0.717, 1.165) is 0 Å². The summed E-state index contributed by atoms with van der Waals surface area (Å²) in [6, 6.07) is 10.4. The fraction of sp³-hybridized carbons (Fsp3) is 0.238. The molecule has 0 bridgehead atoms. The molecule has 0 unspecified atom stereocenters. The van der Waals surface area contributed by atoms with Crippen LogP contribution >= 0.6 is 0 Å². The molecular weight excluding hydrogens is 404 g/mol. The number of aromatic hydroxyl groups is 1. The molecule has 1 fully saturated rings. The van der Waals surface area contributed by atoms with Gasteiger partial charge in [0.2, 0.25) is 0 Å². The van der Waals surface area contributed by atoms with E-state index < -0.39 is 4.92 Å². The number of amides is 1. The SMILES string of the molecule is COc1cc(/C=C2\C(=O)N(c3ccc([N+](=O)[O-])cc3)N=C2N2CCOCC2)ccc1O. The topological polar surface area (TPSA) is 118 Å². The molecule has 0 saturated carbocycles. The molecular formula is C21H20N4O6. The minimum Gasteiger partial charge on any atom is -0.504 e. The summed E-state index contributed by atoms with van der Waals surface area (Å²) in [6.07, 6.45) is 1.68. The molecule has 2 heterocycles. The van der Waals surface area contributed by atoms with Gasteiger partial charge in [-0.15, -0.1) is 5.10 Å². The van der Waals surface area contributed by atoms with E-state index in [1.165, 1.54) is 42.5 Å². The third-order valence-electron chi connectivity index (χ3n) is 4.99. The van der Waals surface area contributed by atoms with Crippen LogP contribution in [-0.2, 0) is 9.53 Å². The zero-order valence-corrected chi connectivity index (χ0v) is 16.7. The summed E-state index contributed by atoms with van der Waals surface area (Å²) in [5.41, 5.74) is 1.38. The van der Waals surface area contributed by atoms with Crippen LogP contribution in [0, 0.1) is 10.1 Å². The van der Waals surface area contributed by atoms with Crippen molar-refractivity contribution in [1.82, 2.24) is 4.90 Å². The molecule has 0 atom stereocenters. The normalized spacial score (nSPS) is 17.8. The molecule has 0 radical (unpaired) electrons. The van der Waals surface area contributed by atoms with Gasteiger partial charge in [0.25, 0.3) is 11.6 Å². The highest BCUT2D eigenvalue weighted by atomic mass is 16.6. The third kappa shape index (κ3) is 4.05. The molecule has 10 nitrogen and oxygen atoms in total.